The van der Waals surface area contributed by atoms with E-state index in [1.165, 1.54) is 0 Å². The maximum absolute atomic E-state index is 12.3. The van der Waals surface area contributed by atoms with E-state index in [2.05, 4.69) is 10.1 Å². The van der Waals surface area contributed by atoms with Crippen molar-refractivity contribution in [1.82, 2.24) is 15.0 Å². The van der Waals surface area contributed by atoms with Crippen molar-refractivity contribution in [1.29, 1.82) is 0 Å². The fourth-order valence-electron chi connectivity index (χ4n) is 2.41. The van der Waals surface area contributed by atoms with E-state index in [4.69, 9.17) is 15.0 Å². The first-order valence-corrected chi connectivity index (χ1v) is 8.05. The summed E-state index contributed by atoms with van der Waals surface area (Å²) < 4.78 is 10.8. The van der Waals surface area contributed by atoms with Crippen LogP contribution in [0.2, 0.25) is 0 Å². The summed E-state index contributed by atoms with van der Waals surface area (Å²) >= 11 is 0. The van der Waals surface area contributed by atoms with E-state index in [1.54, 1.807) is 4.90 Å². The zero-order valence-electron chi connectivity index (χ0n) is 14.9. The zero-order valence-corrected chi connectivity index (χ0v) is 14.9. The van der Waals surface area contributed by atoms with E-state index in [9.17, 15) is 4.79 Å². The highest BCUT2D eigenvalue weighted by atomic mass is 16.6. The molecule has 2 heterocycles. The highest BCUT2D eigenvalue weighted by molar-refractivity contribution is 5.68. The van der Waals surface area contributed by atoms with Gasteiger partial charge in [0.25, 0.3) is 0 Å². The molecule has 1 aromatic rings. The number of carbonyl (C=O) groups excluding carboxylic acids is 1. The quantitative estimate of drug-likeness (QED) is 0.852. The molecule has 0 aliphatic carbocycles. The molecule has 1 aliphatic heterocycles. The second kappa shape index (κ2) is 6.11. The molecule has 130 valence electrons. The highest BCUT2D eigenvalue weighted by Gasteiger charge is 2.36. The van der Waals surface area contributed by atoms with Gasteiger partial charge >= 0.3 is 6.09 Å². The number of carbonyl (C=O) groups is 1. The molecule has 0 saturated carbocycles. The van der Waals surface area contributed by atoms with Crippen LogP contribution >= 0.6 is 0 Å². The van der Waals surface area contributed by atoms with Gasteiger partial charge in [0.05, 0.1) is 5.92 Å². The predicted molar refractivity (Wildman–Crippen MR) is 86.1 cm³/mol. The van der Waals surface area contributed by atoms with Crippen molar-refractivity contribution in [3.05, 3.63) is 11.7 Å². The Bertz CT molecular complexity index is 556. The lowest BCUT2D eigenvalue weighted by molar-refractivity contribution is 0.0175. The molecule has 0 spiro atoms. The van der Waals surface area contributed by atoms with Crippen molar-refractivity contribution in [3.8, 4) is 0 Å². The van der Waals surface area contributed by atoms with Gasteiger partial charge in [-0.3, -0.25) is 0 Å². The molecule has 0 bridgehead atoms. The maximum Gasteiger partial charge on any atom is 0.410 e. The molecule has 1 aromatic heterocycles. The Labute approximate surface area is 137 Å². The minimum Gasteiger partial charge on any atom is -0.444 e. The molecule has 7 nitrogen and oxygen atoms in total. The van der Waals surface area contributed by atoms with Crippen molar-refractivity contribution < 1.29 is 14.1 Å². The van der Waals surface area contributed by atoms with Gasteiger partial charge in [0.2, 0.25) is 5.89 Å². The number of rotatable bonds is 1. The monoisotopic (exact) mass is 324 g/mol. The Balaban J connectivity index is 2.12. The van der Waals surface area contributed by atoms with E-state index in [0.29, 0.717) is 31.2 Å². The number of ether oxygens (including phenoxy) is 1. The summed E-state index contributed by atoms with van der Waals surface area (Å²) in [4.78, 5) is 18.4. The van der Waals surface area contributed by atoms with Gasteiger partial charge in [0, 0.05) is 24.5 Å². The molecular weight excluding hydrogens is 296 g/mol. The number of hydrogen-bond donors (Lipinski definition) is 1. The molecule has 2 unspecified atom stereocenters. The van der Waals surface area contributed by atoms with Gasteiger partial charge < -0.3 is 19.9 Å². The van der Waals surface area contributed by atoms with Crippen LogP contribution in [0.5, 0.6) is 0 Å². The van der Waals surface area contributed by atoms with E-state index in [-0.39, 0.29) is 23.5 Å². The Morgan fingerprint density at radius 2 is 1.96 bits per heavy atom. The number of aromatic nitrogens is 2. The Hall–Kier alpha value is -1.63. The lowest BCUT2D eigenvalue weighted by Gasteiger charge is -2.35. The molecule has 2 N–H and O–H groups in total. The molecule has 23 heavy (non-hydrogen) atoms. The fourth-order valence-corrected chi connectivity index (χ4v) is 2.41. The Morgan fingerprint density at radius 3 is 2.48 bits per heavy atom. The summed E-state index contributed by atoms with van der Waals surface area (Å²) in [7, 11) is 0. The minimum absolute atomic E-state index is 0.109. The summed E-state index contributed by atoms with van der Waals surface area (Å²) in [5.41, 5.74) is 5.51. The molecule has 0 radical (unpaired) electrons. The molecule has 7 heteroatoms. The topological polar surface area (TPSA) is 94.5 Å². The van der Waals surface area contributed by atoms with Crippen LogP contribution in [-0.4, -0.2) is 45.9 Å². The summed E-state index contributed by atoms with van der Waals surface area (Å²) in [6.07, 6.45) is 0.349. The smallest absolute Gasteiger partial charge is 0.410 e. The molecule has 1 saturated heterocycles. The SMILES string of the molecule is CC(C)(C)OC(=O)N1CCC(N)C(c2nc(C(C)(C)C)no2)C1. The summed E-state index contributed by atoms with van der Waals surface area (Å²) in [6.45, 7) is 12.6. The zero-order chi connectivity index (χ0) is 17.4. The van der Waals surface area contributed by atoms with E-state index < -0.39 is 5.60 Å². The van der Waals surface area contributed by atoms with Gasteiger partial charge in [0.15, 0.2) is 5.82 Å². The summed E-state index contributed by atoms with van der Waals surface area (Å²) in [5.74, 6) is 0.977. The van der Waals surface area contributed by atoms with Crippen LogP contribution in [0, 0.1) is 0 Å². The second-order valence-electron chi connectivity index (χ2n) is 8.19. The normalized spacial score (nSPS) is 23.0. The van der Waals surface area contributed by atoms with Gasteiger partial charge in [-0.1, -0.05) is 25.9 Å². The fraction of sp³-hybridized carbons (Fsp3) is 0.812. The average molecular weight is 324 g/mol. The van der Waals surface area contributed by atoms with Crippen LogP contribution in [0.4, 0.5) is 4.79 Å². The van der Waals surface area contributed by atoms with Crippen LogP contribution in [0.15, 0.2) is 4.52 Å². The molecular formula is C16H28N4O3. The van der Waals surface area contributed by atoms with Crippen LogP contribution < -0.4 is 5.73 Å². The summed E-state index contributed by atoms with van der Waals surface area (Å²) in [6, 6.07) is -0.109. The van der Waals surface area contributed by atoms with Crippen molar-refractivity contribution in [3.63, 3.8) is 0 Å². The number of amides is 1. The number of nitrogens with two attached hydrogens (primary N) is 1. The third kappa shape index (κ3) is 4.43. The first-order valence-electron chi connectivity index (χ1n) is 8.05. The van der Waals surface area contributed by atoms with Gasteiger partial charge in [0.1, 0.15) is 5.60 Å². The first-order chi connectivity index (χ1) is 10.5. The van der Waals surface area contributed by atoms with Crippen LogP contribution in [0.1, 0.15) is 65.6 Å². The molecule has 1 amide bonds. The molecule has 1 aliphatic rings. The third-order valence-corrected chi connectivity index (χ3v) is 3.75. The average Bonchev–Trinajstić information content (AvgIpc) is 2.86. The van der Waals surface area contributed by atoms with Crippen molar-refractivity contribution in [2.45, 2.75) is 70.9 Å². The first kappa shape index (κ1) is 17.7. The molecule has 0 aromatic carbocycles. The second-order valence-corrected chi connectivity index (χ2v) is 8.19. The van der Waals surface area contributed by atoms with Crippen LogP contribution in [0.25, 0.3) is 0 Å². The maximum atomic E-state index is 12.3. The minimum atomic E-state index is -0.518. The molecule has 1 fully saturated rings. The Morgan fingerprint density at radius 1 is 1.30 bits per heavy atom. The van der Waals surface area contributed by atoms with E-state index in [1.807, 2.05) is 41.5 Å². The van der Waals surface area contributed by atoms with Gasteiger partial charge in [-0.25, -0.2) is 4.79 Å². The largest absolute Gasteiger partial charge is 0.444 e. The van der Waals surface area contributed by atoms with E-state index in [0.717, 1.165) is 0 Å². The highest BCUT2D eigenvalue weighted by Crippen LogP contribution is 2.28. The standard InChI is InChI=1S/C16H28N4O3/c1-15(2,3)13-18-12(23-19-13)10-9-20(8-7-11(10)17)14(21)22-16(4,5)6/h10-11H,7-9,17H2,1-6H3. The van der Waals surface area contributed by atoms with Gasteiger partial charge in [-0.2, -0.15) is 4.98 Å². The van der Waals surface area contributed by atoms with Crippen molar-refractivity contribution in [2.24, 2.45) is 5.73 Å². The Kier molecular flexibility index (Phi) is 4.71. The number of nitrogens with zero attached hydrogens (tertiary/aromatic N) is 3. The third-order valence-electron chi connectivity index (χ3n) is 3.75. The van der Waals surface area contributed by atoms with Gasteiger partial charge in [-0.15, -0.1) is 0 Å². The predicted octanol–water partition coefficient (Wildman–Crippen LogP) is 2.42. The number of hydrogen-bond acceptors (Lipinski definition) is 6. The van der Waals surface area contributed by atoms with Gasteiger partial charge in [-0.05, 0) is 27.2 Å². The van der Waals surface area contributed by atoms with Crippen LogP contribution in [0.3, 0.4) is 0 Å². The van der Waals surface area contributed by atoms with Crippen LogP contribution in [-0.2, 0) is 10.2 Å². The molecule has 2 atom stereocenters. The lowest BCUT2D eigenvalue weighted by Crippen LogP contribution is -2.49. The summed E-state index contributed by atoms with van der Waals surface area (Å²) in [5, 5.41) is 4.05. The molecule has 2 rings (SSSR count). The van der Waals surface area contributed by atoms with Crippen molar-refractivity contribution in [2.75, 3.05) is 13.1 Å². The lowest BCUT2D eigenvalue weighted by atomic mass is 9.92. The number of piperidine rings is 1. The number of likely N-dealkylation sites (tertiary alicyclic amines) is 1. The van der Waals surface area contributed by atoms with E-state index >= 15 is 0 Å². The van der Waals surface area contributed by atoms with Crippen molar-refractivity contribution >= 4 is 6.09 Å².